The fourth-order valence-corrected chi connectivity index (χ4v) is 10.2. The molecule has 192 valence electrons. The topological polar surface area (TPSA) is 73.1 Å². The largest absolute Gasteiger partial charge is 0.390 e. The van der Waals surface area contributed by atoms with Crippen LogP contribution >= 0.6 is 0 Å². The molecule has 6 nitrogen and oxygen atoms in total. The van der Waals surface area contributed by atoms with Gasteiger partial charge in [0, 0.05) is 13.7 Å². The number of aryl methyl sites for hydroxylation is 1. The molecule has 0 aliphatic heterocycles. The van der Waals surface area contributed by atoms with Gasteiger partial charge in [0.15, 0.2) is 0 Å². The summed E-state index contributed by atoms with van der Waals surface area (Å²) in [6.07, 6.45) is 13.2. The van der Waals surface area contributed by atoms with Crippen molar-refractivity contribution < 1.29 is 9.84 Å². The van der Waals surface area contributed by atoms with Crippen molar-refractivity contribution in [1.82, 2.24) is 20.2 Å². The van der Waals surface area contributed by atoms with Crippen LogP contribution < -0.4 is 0 Å². The molecule has 6 heteroatoms. The first-order chi connectivity index (χ1) is 16.3. The van der Waals surface area contributed by atoms with E-state index in [0.29, 0.717) is 17.3 Å². The molecule has 0 bridgehead atoms. The molecule has 0 saturated heterocycles. The first kappa shape index (κ1) is 24.7. The van der Waals surface area contributed by atoms with E-state index < -0.39 is 5.60 Å². The molecule has 4 fully saturated rings. The van der Waals surface area contributed by atoms with Crippen LogP contribution in [-0.4, -0.2) is 44.6 Å². The van der Waals surface area contributed by atoms with Crippen molar-refractivity contribution in [2.45, 2.75) is 110 Å². The summed E-state index contributed by atoms with van der Waals surface area (Å²) in [7, 11) is 1.91. The van der Waals surface area contributed by atoms with Gasteiger partial charge < -0.3 is 9.84 Å². The number of methoxy groups -OCH3 is 1. The minimum absolute atomic E-state index is 0.284. The quantitative estimate of drug-likeness (QED) is 0.572. The monoisotopic (exact) mass is 472 g/mol. The van der Waals surface area contributed by atoms with E-state index in [4.69, 9.17) is 4.74 Å². The third kappa shape index (κ3) is 3.86. The number of fused-ring (bicyclic) bond motifs is 5. The number of nitrogens with zero attached hydrogens (tertiary/aromatic N) is 4. The Hall–Kier alpha value is -1.01. The van der Waals surface area contributed by atoms with Crippen LogP contribution in [0.4, 0.5) is 0 Å². The molecule has 1 N–H and O–H groups in total. The highest BCUT2D eigenvalue weighted by atomic mass is 16.5. The lowest BCUT2D eigenvalue weighted by Crippen LogP contribution is -2.58. The smallest absolute Gasteiger partial charge is 0.148 e. The van der Waals surface area contributed by atoms with Crippen LogP contribution in [0.15, 0.2) is 0 Å². The Morgan fingerprint density at radius 2 is 1.94 bits per heavy atom. The summed E-state index contributed by atoms with van der Waals surface area (Å²) in [5.74, 6) is 5.33. The van der Waals surface area contributed by atoms with Crippen molar-refractivity contribution >= 4 is 0 Å². The van der Waals surface area contributed by atoms with E-state index in [0.717, 1.165) is 74.8 Å². The minimum atomic E-state index is -0.436. The maximum atomic E-state index is 11.3. The van der Waals surface area contributed by atoms with Crippen molar-refractivity contribution in [3.05, 3.63) is 5.82 Å². The van der Waals surface area contributed by atoms with Gasteiger partial charge in [0.25, 0.3) is 0 Å². The van der Waals surface area contributed by atoms with Gasteiger partial charge in [-0.3, -0.25) is 0 Å². The molecule has 0 spiro atoms. The number of aliphatic hydroxyl groups is 1. The van der Waals surface area contributed by atoms with Crippen LogP contribution in [0.25, 0.3) is 0 Å². The molecule has 5 rings (SSSR count). The summed E-state index contributed by atoms with van der Waals surface area (Å²) in [5.41, 5.74) is 0.280. The second-order valence-corrected chi connectivity index (χ2v) is 13.1. The van der Waals surface area contributed by atoms with E-state index in [9.17, 15) is 5.11 Å². The summed E-state index contributed by atoms with van der Waals surface area (Å²) >= 11 is 0. The van der Waals surface area contributed by atoms with Gasteiger partial charge in [0.1, 0.15) is 5.82 Å². The zero-order valence-electron chi connectivity index (χ0n) is 22.3. The highest BCUT2D eigenvalue weighted by molar-refractivity contribution is 5.12. The fourth-order valence-electron chi connectivity index (χ4n) is 10.2. The lowest BCUT2D eigenvalue weighted by atomic mass is 9.43. The Balaban J connectivity index is 1.36. The Morgan fingerprint density at radius 3 is 2.65 bits per heavy atom. The molecule has 0 amide bonds. The minimum Gasteiger partial charge on any atom is -0.390 e. The Morgan fingerprint density at radius 1 is 1.12 bits per heavy atom. The molecule has 4 aliphatic carbocycles. The molecule has 1 aromatic heterocycles. The van der Waals surface area contributed by atoms with Crippen molar-refractivity contribution in [1.29, 1.82) is 0 Å². The van der Waals surface area contributed by atoms with Gasteiger partial charge in [-0.15, -0.1) is 5.10 Å². The Bertz CT molecular complexity index is 859. The number of hydrogen-bond donors (Lipinski definition) is 1. The normalized spacial score (nSPS) is 44.8. The number of rotatable bonds is 7. The van der Waals surface area contributed by atoms with E-state index in [1.165, 1.54) is 38.5 Å². The lowest BCUT2D eigenvalue weighted by molar-refractivity contribution is -0.180. The van der Waals surface area contributed by atoms with Crippen molar-refractivity contribution in [3.8, 4) is 0 Å². The second-order valence-electron chi connectivity index (χ2n) is 13.1. The average Bonchev–Trinajstić information content (AvgIpc) is 3.36. The van der Waals surface area contributed by atoms with Gasteiger partial charge in [-0.2, -0.15) is 0 Å². The molecule has 0 radical (unpaired) electrons. The Kier molecular flexibility index (Phi) is 6.63. The van der Waals surface area contributed by atoms with Crippen molar-refractivity contribution in [3.63, 3.8) is 0 Å². The number of hydrogen-bond acceptors (Lipinski definition) is 5. The van der Waals surface area contributed by atoms with E-state index in [1.54, 1.807) is 0 Å². The highest BCUT2D eigenvalue weighted by Gasteiger charge is 2.63. The Labute approximate surface area is 206 Å². The van der Waals surface area contributed by atoms with Gasteiger partial charge >= 0.3 is 0 Å². The molecule has 1 unspecified atom stereocenters. The molecule has 34 heavy (non-hydrogen) atoms. The third-order valence-electron chi connectivity index (χ3n) is 11.6. The third-order valence-corrected chi connectivity index (χ3v) is 11.6. The van der Waals surface area contributed by atoms with Crippen molar-refractivity contribution in [2.24, 2.45) is 46.3 Å². The first-order valence-corrected chi connectivity index (χ1v) is 14.2. The molecule has 1 heterocycles. The molecular weight excluding hydrogens is 424 g/mol. The van der Waals surface area contributed by atoms with Gasteiger partial charge in [-0.25, -0.2) is 4.68 Å². The summed E-state index contributed by atoms with van der Waals surface area (Å²) in [6.45, 7) is 11.1. The standard InChI is InChI=1S/C28H48N4O2/c1-6-12-27(33)14-15-28(18-34-5)21(16-27)7-8-22-24-10-9-23(26(24,4)13-11-25(22)28)19(2)17-32-20(3)29-30-31-32/h19,21-25,33H,6-18H2,1-5H3/t19?,21-,22+,23-,24+,25+,26-,27-,28-/m1/s1. The van der Waals surface area contributed by atoms with Gasteiger partial charge in [-0.05, 0) is 128 Å². The molecule has 1 aromatic rings. The summed E-state index contributed by atoms with van der Waals surface area (Å²) in [4.78, 5) is 0. The van der Waals surface area contributed by atoms with E-state index >= 15 is 0 Å². The molecule has 9 atom stereocenters. The zero-order chi connectivity index (χ0) is 24.1. The van der Waals surface area contributed by atoms with Gasteiger partial charge in [0.05, 0.1) is 12.2 Å². The van der Waals surface area contributed by atoms with Crippen LogP contribution in [0.3, 0.4) is 0 Å². The van der Waals surface area contributed by atoms with E-state index in [2.05, 4.69) is 36.3 Å². The van der Waals surface area contributed by atoms with Crippen molar-refractivity contribution in [2.75, 3.05) is 13.7 Å². The van der Waals surface area contributed by atoms with Gasteiger partial charge in [-0.1, -0.05) is 27.2 Å². The van der Waals surface area contributed by atoms with Crippen LogP contribution in [0, 0.1) is 53.3 Å². The van der Waals surface area contributed by atoms with E-state index in [1.807, 2.05) is 18.7 Å². The second kappa shape index (κ2) is 9.14. The molecule has 0 aromatic carbocycles. The zero-order valence-corrected chi connectivity index (χ0v) is 22.3. The van der Waals surface area contributed by atoms with Crippen LogP contribution in [0.5, 0.6) is 0 Å². The lowest BCUT2D eigenvalue weighted by Gasteiger charge is -2.63. The van der Waals surface area contributed by atoms with Crippen LogP contribution in [0.1, 0.15) is 97.2 Å². The number of tetrazole rings is 1. The molecular formula is C28H48N4O2. The molecule has 4 saturated carbocycles. The molecule has 4 aliphatic rings. The summed E-state index contributed by atoms with van der Waals surface area (Å²) < 4.78 is 7.99. The average molecular weight is 473 g/mol. The van der Waals surface area contributed by atoms with E-state index in [-0.39, 0.29) is 5.41 Å². The number of aromatic nitrogens is 4. The maximum absolute atomic E-state index is 11.3. The SMILES string of the molecule is CCC[C@@]1(O)CC[C@@]2(COC)[C@H](CC[C@H]3[C@@H]4CC[C@H](C(C)Cn5nnnc5C)[C@@]4(C)CC[C@@H]32)C1. The maximum Gasteiger partial charge on any atom is 0.148 e. The number of ether oxygens (including phenoxy) is 1. The highest BCUT2D eigenvalue weighted by Crippen LogP contribution is 2.69. The van der Waals surface area contributed by atoms with Crippen LogP contribution in [-0.2, 0) is 11.3 Å². The van der Waals surface area contributed by atoms with Crippen LogP contribution in [0.2, 0.25) is 0 Å². The summed E-state index contributed by atoms with van der Waals surface area (Å²) in [5, 5.41) is 23.6. The summed E-state index contributed by atoms with van der Waals surface area (Å²) in [6, 6.07) is 0. The first-order valence-electron chi connectivity index (χ1n) is 14.2. The fraction of sp³-hybridized carbons (Fsp3) is 0.964. The predicted octanol–water partition coefficient (Wildman–Crippen LogP) is 5.43. The predicted molar refractivity (Wildman–Crippen MR) is 133 cm³/mol. The van der Waals surface area contributed by atoms with Gasteiger partial charge in [0.2, 0.25) is 0 Å².